The number of urea groups is 1. The van der Waals surface area contributed by atoms with E-state index in [-0.39, 0.29) is 23.7 Å². The summed E-state index contributed by atoms with van der Waals surface area (Å²) in [7, 11) is 0. The molecule has 4 heteroatoms. The van der Waals surface area contributed by atoms with Crippen molar-refractivity contribution in [2.24, 2.45) is 5.73 Å². The van der Waals surface area contributed by atoms with E-state index in [1.807, 2.05) is 32.6 Å². The first-order valence-corrected chi connectivity index (χ1v) is 5.19. The molecule has 0 bridgehead atoms. The maximum absolute atomic E-state index is 11.8. The van der Waals surface area contributed by atoms with E-state index in [0.29, 0.717) is 0 Å². The highest BCUT2D eigenvalue weighted by Crippen LogP contribution is 2.27. The van der Waals surface area contributed by atoms with Gasteiger partial charge in [-0.3, -0.25) is 0 Å². The third kappa shape index (κ3) is 2.00. The summed E-state index contributed by atoms with van der Waals surface area (Å²) in [6.07, 6.45) is 0.887. The van der Waals surface area contributed by atoms with Crippen molar-refractivity contribution < 1.29 is 4.79 Å². The van der Waals surface area contributed by atoms with Crippen LogP contribution >= 0.6 is 0 Å². The molecule has 1 saturated heterocycles. The molecule has 0 radical (unpaired) electrons. The van der Waals surface area contributed by atoms with Gasteiger partial charge in [-0.2, -0.15) is 0 Å². The first-order chi connectivity index (χ1) is 6.35. The van der Waals surface area contributed by atoms with Crippen LogP contribution in [-0.4, -0.2) is 35.1 Å². The fourth-order valence-electron chi connectivity index (χ4n) is 1.80. The van der Waals surface area contributed by atoms with Crippen molar-refractivity contribution >= 4 is 6.03 Å². The zero-order chi connectivity index (χ0) is 10.9. The molecule has 14 heavy (non-hydrogen) atoms. The number of rotatable bonds is 1. The van der Waals surface area contributed by atoms with Crippen LogP contribution in [0.3, 0.4) is 0 Å². The van der Waals surface area contributed by atoms with Crippen molar-refractivity contribution in [3.8, 4) is 0 Å². The Bertz CT molecular complexity index is 225. The molecule has 82 valence electrons. The summed E-state index contributed by atoms with van der Waals surface area (Å²) in [4.78, 5) is 13.6. The van der Waals surface area contributed by atoms with Crippen LogP contribution in [-0.2, 0) is 0 Å². The smallest absolute Gasteiger partial charge is 0.318 e. The van der Waals surface area contributed by atoms with E-state index >= 15 is 0 Å². The highest BCUT2D eigenvalue weighted by atomic mass is 16.2. The van der Waals surface area contributed by atoms with E-state index in [2.05, 4.69) is 5.32 Å². The SMILES string of the molecule is CC(C)NC(=O)N1CCC(N)C1(C)C. The van der Waals surface area contributed by atoms with Crippen molar-refractivity contribution in [1.82, 2.24) is 10.2 Å². The standard InChI is InChI=1S/C10H21N3O/c1-7(2)12-9(14)13-6-5-8(11)10(13,3)4/h7-8H,5-6,11H2,1-4H3,(H,12,14). The molecule has 1 heterocycles. The number of nitrogens with zero attached hydrogens (tertiary/aromatic N) is 1. The van der Waals surface area contributed by atoms with Gasteiger partial charge in [-0.15, -0.1) is 0 Å². The van der Waals surface area contributed by atoms with Crippen LogP contribution in [0.2, 0.25) is 0 Å². The molecule has 2 amide bonds. The monoisotopic (exact) mass is 199 g/mol. The molecule has 4 nitrogen and oxygen atoms in total. The summed E-state index contributed by atoms with van der Waals surface area (Å²) in [5, 5.41) is 2.89. The second-order valence-electron chi connectivity index (χ2n) is 4.80. The van der Waals surface area contributed by atoms with E-state index in [9.17, 15) is 4.79 Å². The Morgan fingerprint density at radius 2 is 2.14 bits per heavy atom. The molecule has 1 fully saturated rings. The average Bonchev–Trinajstić information content (AvgIpc) is 2.26. The Kier molecular flexibility index (Phi) is 3.04. The molecule has 3 N–H and O–H groups in total. The molecule has 0 aromatic rings. The summed E-state index contributed by atoms with van der Waals surface area (Å²) in [5.74, 6) is 0. The van der Waals surface area contributed by atoms with Crippen molar-refractivity contribution in [3.63, 3.8) is 0 Å². The molecule has 1 aliphatic rings. The normalized spacial score (nSPS) is 25.6. The number of likely N-dealkylation sites (tertiary alicyclic amines) is 1. The summed E-state index contributed by atoms with van der Waals surface area (Å²) >= 11 is 0. The van der Waals surface area contributed by atoms with Crippen LogP contribution in [0.15, 0.2) is 0 Å². The fourth-order valence-corrected chi connectivity index (χ4v) is 1.80. The molecule has 0 aromatic carbocycles. The number of carbonyl (C=O) groups excluding carboxylic acids is 1. The lowest BCUT2D eigenvalue weighted by Crippen LogP contribution is -2.54. The second kappa shape index (κ2) is 3.77. The summed E-state index contributed by atoms with van der Waals surface area (Å²) in [6, 6.07) is 0.258. The molecule has 0 saturated carbocycles. The topological polar surface area (TPSA) is 58.4 Å². The van der Waals surface area contributed by atoms with Crippen LogP contribution in [0.5, 0.6) is 0 Å². The lowest BCUT2D eigenvalue weighted by Gasteiger charge is -2.34. The van der Waals surface area contributed by atoms with Crippen molar-refractivity contribution in [2.45, 2.75) is 51.7 Å². The van der Waals surface area contributed by atoms with Gasteiger partial charge in [-0.05, 0) is 34.1 Å². The van der Waals surface area contributed by atoms with Gasteiger partial charge in [-0.1, -0.05) is 0 Å². The van der Waals surface area contributed by atoms with Gasteiger partial charge in [0, 0.05) is 18.6 Å². The zero-order valence-electron chi connectivity index (χ0n) is 9.50. The van der Waals surface area contributed by atoms with Crippen LogP contribution in [0, 0.1) is 0 Å². The number of nitrogens with one attached hydrogen (secondary N) is 1. The zero-order valence-corrected chi connectivity index (χ0v) is 9.50. The minimum Gasteiger partial charge on any atom is -0.336 e. The highest BCUT2D eigenvalue weighted by Gasteiger charge is 2.41. The summed E-state index contributed by atoms with van der Waals surface area (Å²) < 4.78 is 0. The van der Waals surface area contributed by atoms with Gasteiger partial charge in [0.15, 0.2) is 0 Å². The van der Waals surface area contributed by atoms with Gasteiger partial charge in [0.25, 0.3) is 0 Å². The molecule has 1 aliphatic heterocycles. The minimum atomic E-state index is -0.223. The molecule has 0 aromatic heterocycles. The van der Waals surface area contributed by atoms with E-state index < -0.39 is 0 Å². The van der Waals surface area contributed by atoms with Crippen molar-refractivity contribution in [2.75, 3.05) is 6.54 Å². The molecule has 1 unspecified atom stereocenters. The van der Waals surface area contributed by atoms with E-state index in [1.165, 1.54) is 0 Å². The van der Waals surface area contributed by atoms with E-state index in [0.717, 1.165) is 13.0 Å². The van der Waals surface area contributed by atoms with Gasteiger partial charge in [0.2, 0.25) is 0 Å². The minimum absolute atomic E-state index is 0.00190. The maximum Gasteiger partial charge on any atom is 0.318 e. The Labute approximate surface area is 85.8 Å². The lowest BCUT2D eigenvalue weighted by molar-refractivity contribution is 0.157. The average molecular weight is 199 g/mol. The number of carbonyl (C=O) groups is 1. The van der Waals surface area contributed by atoms with E-state index in [1.54, 1.807) is 0 Å². The van der Waals surface area contributed by atoms with Crippen LogP contribution in [0.1, 0.15) is 34.1 Å². The van der Waals surface area contributed by atoms with Gasteiger partial charge in [-0.25, -0.2) is 4.79 Å². The van der Waals surface area contributed by atoms with Crippen LogP contribution in [0.25, 0.3) is 0 Å². The van der Waals surface area contributed by atoms with Gasteiger partial charge in [0.05, 0.1) is 5.54 Å². The third-order valence-corrected chi connectivity index (χ3v) is 2.92. The largest absolute Gasteiger partial charge is 0.336 e. The van der Waals surface area contributed by atoms with Crippen molar-refractivity contribution in [3.05, 3.63) is 0 Å². The predicted octanol–water partition coefficient (Wildman–Crippen LogP) is 0.916. The molecule has 0 aliphatic carbocycles. The summed E-state index contributed by atoms with van der Waals surface area (Å²) in [5.41, 5.74) is 5.73. The Balaban J connectivity index is 2.65. The summed E-state index contributed by atoms with van der Waals surface area (Å²) in [6.45, 7) is 8.71. The van der Waals surface area contributed by atoms with Crippen molar-refractivity contribution in [1.29, 1.82) is 0 Å². The number of amides is 2. The lowest BCUT2D eigenvalue weighted by atomic mass is 9.97. The Morgan fingerprint density at radius 3 is 2.50 bits per heavy atom. The fraction of sp³-hybridized carbons (Fsp3) is 0.900. The maximum atomic E-state index is 11.8. The number of nitrogens with two attached hydrogens (primary N) is 1. The highest BCUT2D eigenvalue weighted by molar-refractivity contribution is 5.75. The van der Waals surface area contributed by atoms with Gasteiger partial charge >= 0.3 is 6.03 Å². The predicted molar refractivity (Wildman–Crippen MR) is 57.0 cm³/mol. The molecule has 0 spiro atoms. The second-order valence-corrected chi connectivity index (χ2v) is 4.80. The molecule has 1 atom stereocenters. The Morgan fingerprint density at radius 1 is 1.57 bits per heavy atom. The molecule has 1 rings (SSSR count). The van der Waals surface area contributed by atoms with E-state index in [4.69, 9.17) is 5.73 Å². The first-order valence-electron chi connectivity index (χ1n) is 5.19. The third-order valence-electron chi connectivity index (χ3n) is 2.92. The quantitative estimate of drug-likeness (QED) is 0.659. The Hall–Kier alpha value is -0.770. The van der Waals surface area contributed by atoms with Gasteiger partial charge < -0.3 is 16.0 Å². The van der Waals surface area contributed by atoms with Gasteiger partial charge in [0.1, 0.15) is 0 Å². The number of hydrogen-bond acceptors (Lipinski definition) is 2. The molecular formula is C10H21N3O. The first kappa shape index (κ1) is 11.3. The molecular weight excluding hydrogens is 178 g/mol. The van der Waals surface area contributed by atoms with Crippen LogP contribution in [0.4, 0.5) is 4.79 Å². The number of hydrogen-bond donors (Lipinski definition) is 2. The van der Waals surface area contributed by atoms with Crippen LogP contribution < -0.4 is 11.1 Å².